The topological polar surface area (TPSA) is 81.8 Å². The fraction of sp³-hybridized carbons (Fsp3) is 0.160. The van der Waals surface area contributed by atoms with Gasteiger partial charge in [0.05, 0.1) is 13.1 Å². The van der Waals surface area contributed by atoms with Crippen LogP contribution in [0.2, 0.25) is 0 Å². The molecule has 1 fully saturated rings. The van der Waals surface area contributed by atoms with Crippen molar-refractivity contribution in [1.29, 1.82) is 0 Å². The van der Waals surface area contributed by atoms with Crippen LogP contribution < -0.4 is 10.7 Å². The summed E-state index contributed by atoms with van der Waals surface area (Å²) in [6.45, 7) is 1.23. The molecule has 0 aliphatic carbocycles. The van der Waals surface area contributed by atoms with E-state index in [2.05, 4.69) is 10.7 Å². The lowest BCUT2D eigenvalue weighted by atomic mass is 10.1. The van der Waals surface area contributed by atoms with Crippen LogP contribution in [0, 0.1) is 0 Å². The predicted molar refractivity (Wildman–Crippen MR) is 120 cm³/mol. The molecule has 3 aromatic carbocycles. The van der Waals surface area contributed by atoms with Gasteiger partial charge in [-0.3, -0.25) is 19.9 Å². The van der Waals surface area contributed by atoms with Crippen LogP contribution >= 0.6 is 0 Å². The van der Waals surface area contributed by atoms with Crippen molar-refractivity contribution < 1.29 is 14.4 Å². The van der Waals surface area contributed by atoms with Gasteiger partial charge in [-0.15, -0.1) is 0 Å². The van der Waals surface area contributed by atoms with E-state index in [9.17, 15) is 14.4 Å². The molecule has 32 heavy (non-hydrogen) atoms. The maximum absolute atomic E-state index is 13.0. The van der Waals surface area contributed by atoms with Crippen LogP contribution in [0.25, 0.3) is 0 Å². The Balaban J connectivity index is 1.48. The Morgan fingerprint density at radius 3 is 2.00 bits per heavy atom. The molecule has 0 aromatic heterocycles. The molecule has 1 saturated heterocycles. The standard InChI is InChI=1S/C25H24N4O3/c30-23-15-26-25(32)29(23)18-21-12-7-13-22(14-21)24(31)27-28(16-19-8-3-1-4-9-19)17-20-10-5-2-6-11-20/h1-14H,15-18H2,(H,26,32)(H,27,31). The fourth-order valence-corrected chi connectivity index (χ4v) is 3.56. The minimum Gasteiger partial charge on any atom is -0.329 e. The van der Waals surface area contributed by atoms with Crippen molar-refractivity contribution in [2.24, 2.45) is 0 Å². The second-order valence-corrected chi connectivity index (χ2v) is 7.61. The SMILES string of the molecule is O=C(NN(Cc1ccccc1)Cc1ccccc1)c1cccc(CN2C(=O)CNC2=O)c1. The summed E-state index contributed by atoms with van der Waals surface area (Å²) in [7, 11) is 0. The number of amides is 4. The molecule has 4 amide bonds. The Labute approximate surface area is 186 Å². The van der Waals surface area contributed by atoms with E-state index in [1.807, 2.05) is 65.7 Å². The number of carbonyl (C=O) groups is 3. The molecule has 1 aliphatic rings. The molecule has 4 rings (SSSR count). The lowest BCUT2D eigenvalue weighted by molar-refractivity contribution is -0.125. The molecule has 162 valence electrons. The molecule has 7 heteroatoms. The molecule has 3 aromatic rings. The first-order chi connectivity index (χ1) is 15.6. The van der Waals surface area contributed by atoms with Crippen molar-refractivity contribution in [3.05, 3.63) is 107 Å². The van der Waals surface area contributed by atoms with Gasteiger partial charge in [-0.2, -0.15) is 0 Å². The van der Waals surface area contributed by atoms with Gasteiger partial charge >= 0.3 is 6.03 Å². The molecule has 1 aliphatic heterocycles. The Kier molecular flexibility index (Phi) is 6.57. The van der Waals surface area contributed by atoms with E-state index in [1.165, 1.54) is 0 Å². The van der Waals surface area contributed by atoms with E-state index in [0.29, 0.717) is 24.2 Å². The summed E-state index contributed by atoms with van der Waals surface area (Å²) in [5, 5.41) is 4.37. The van der Waals surface area contributed by atoms with Crippen molar-refractivity contribution in [2.45, 2.75) is 19.6 Å². The van der Waals surface area contributed by atoms with Crippen molar-refractivity contribution >= 4 is 17.8 Å². The number of nitrogens with zero attached hydrogens (tertiary/aromatic N) is 2. The number of urea groups is 1. The lowest BCUT2D eigenvalue weighted by Crippen LogP contribution is -2.41. The third-order valence-electron chi connectivity index (χ3n) is 5.16. The molecule has 2 N–H and O–H groups in total. The number of hydrazine groups is 1. The van der Waals surface area contributed by atoms with E-state index < -0.39 is 6.03 Å². The molecular weight excluding hydrogens is 404 g/mol. The summed E-state index contributed by atoms with van der Waals surface area (Å²) in [5.74, 6) is -0.530. The van der Waals surface area contributed by atoms with Crippen molar-refractivity contribution in [1.82, 2.24) is 20.7 Å². The quantitative estimate of drug-likeness (QED) is 0.427. The Hall–Kier alpha value is -3.97. The number of imide groups is 1. The van der Waals surface area contributed by atoms with Gasteiger partial charge in [0.15, 0.2) is 0 Å². The van der Waals surface area contributed by atoms with Crippen LogP contribution in [0.4, 0.5) is 4.79 Å². The van der Waals surface area contributed by atoms with Gasteiger partial charge in [0.2, 0.25) is 5.91 Å². The van der Waals surface area contributed by atoms with Gasteiger partial charge in [-0.05, 0) is 28.8 Å². The van der Waals surface area contributed by atoms with E-state index >= 15 is 0 Å². The van der Waals surface area contributed by atoms with Crippen LogP contribution in [0.3, 0.4) is 0 Å². The van der Waals surface area contributed by atoms with Gasteiger partial charge < -0.3 is 5.32 Å². The van der Waals surface area contributed by atoms with Crippen molar-refractivity contribution in [3.8, 4) is 0 Å². The summed E-state index contributed by atoms with van der Waals surface area (Å²) >= 11 is 0. The van der Waals surface area contributed by atoms with Crippen LogP contribution in [-0.2, 0) is 24.4 Å². The second kappa shape index (κ2) is 9.89. The smallest absolute Gasteiger partial charge is 0.324 e. The lowest BCUT2D eigenvalue weighted by Gasteiger charge is -2.24. The predicted octanol–water partition coefficient (Wildman–Crippen LogP) is 3.09. The average Bonchev–Trinajstić information content (AvgIpc) is 3.12. The van der Waals surface area contributed by atoms with E-state index in [0.717, 1.165) is 16.0 Å². The highest BCUT2D eigenvalue weighted by Crippen LogP contribution is 2.13. The number of rotatable bonds is 8. The monoisotopic (exact) mass is 428 g/mol. The zero-order valence-electron chi connectivity index (χ0n) is 17.5. The average molecular weight is 428 g/mol. The summed E-state index contributed by atoms with van der Waals surface area (Å²) < 4.78 is 0. The van der Waals surface area contributed by atoms with E-state index in [4.69, 9.17) is 0 Å². The molecule has 0 spiro atoms. The minimum absolute atomic E-state index is 0.00689. The molecule has 0 atom stereocenters. The first kappa shape index (κ1) is 21.3. The maximum atomic E-state index is 13.0. The van der Waals surface area contributed by atoms with Gasteiger partial charge in [-0.1, -0.05) is 72.8 Å². The van der Waals surface area contributed by atoms with Gasteiger partial charge in [0, 0.05) is 18.7 Å². The highest BCUT2D eigenvalue weighted by Gasteiger charge is 2.28. The Morgan fingerprint density at radius 2 is 1.44 bits per heavy atom. The summed E-state index contributed by atoms with van der Waals surface area (Å²) in [6.07, 6.45) is 0. The van der Waals surface area contributed by atoms with E-state index in [1.54, 1.807) is 24.3 Å². The highest BCUT2D eigenvalue weighted by molar-refractivity contribution is 6.02. The summed E-state index contributed by atoms with van der Waals surface area (Å²) in [4.78, 5) is 37.9. The van der Waals surface area contributed by atoms with Gasteiger partial charge in [-0.25, -0.2) is 9.80 Å². The Morgan fingerprint density at radius 1 is 0.844 bits per heavy atom. The first-order valence-corrected chi connectivity index (χ1v) is 10.4. The normalized spacial score (nSPS) is 13.3. The molecule has 7 nitrogen and oxygen atoms in total. The molecule has 1 heterocycles. The maximum Gasteiger partial charge on any atom is 0.324 e. The largest absolute Gasteiger partial charge is 0.329 e. The van der Waals surface area contributed by atoms with E-state index in [-0.39, 0.29) is 24.9 Å². The van der Waals surface area contributed by atoms with Gasteiger partial charge in [0.1, 0.15) is 0 Å². The number of carbonyl (C=O) groups excluding carboxylic acids is 3. The summed E-state index contributed by atoms with van der Waals surface area (Å²) in [6, 6.07) is 26.4. The molecule has 0 unspecified atom stereocenters. The summed E-state index contributed by atoms with van der Waals surface area (Å²) in [5.41, 5.74) is 6.33. The zero-order valence-corrected chi connectivity index (χ0v) is 17.5. The molecular formula is C25H24N4O3. The number of benzene rings is 3. The van der Waals surface area contributed by atoms with Gasteiger partial charge in [0.25, 0.3) is 5.91 Å². The third kappa shape index (κ3) is 5.39. The third-order valence-corrected chi connectivity index (χ3v) is 5.16. The molecule has 0 saturated carbocycles. The number of nitrogens with one attached hydrogen (secondary N) is 2. The van der Waals surface area contributed by atoms with Crippen molar-refractivity contribution in [3.63, 3.8) is 0 Å². The molecule has 0 radical (unpaired) electrons. The number of hydrogen-bond donors (Lipinski definition) is 2. The minimum atomic E-state index is -0.415. The first-order valence-electron chi connectivity index (χ1n) is 10.4. The van der Waals surface area contributed by atoms with Crippen LogP contribution in [0.1, 0.15) is 27.0 Å². The second-order valence-electron chi connectivity index (χ2n) is 7.61. The van der Waals surface area contributed by atoms with Crippen LogP contribution in [0.15, 0.2) is 84.9 Å². The Bertz CT molecular complexity index is 1040. The van der Waals surface area contributed by atoms with Crippen molar-refractivity contribution in [2.75, 3.05) is 6.54 Å². The van der Waals surface area contributed by atoms with Crippen LogP contribution in [0.5, 0.6) is 0 Å². The molecule has 0 bridgehead atoms. The highest BCUT2D eigenvalue weighted by atomic mass is 16.2. The zero-order chi connectivity index (χ0) is 22.3. The fourth-order valence-electron chi connectivity index (χ4n) is 3.56. The van der Waals surface area contributed by atoms with Crippen LogP contribution in [-0.4, -0.2) is 34.3 Å². The number of hydrogen-bond acceptors (Lipinski definition) is 4.